The van der Waals surface area contributed by atoms with Crippen LogP contribution in [0.1, 0.15) is 0 Å². The number of piperazine rings is 1. The van der Waals surface area contributed by atoms with Crippen LogP contribution in [0.2, 0.25) is 5.02 Å². The molecular weight excluding hydrogens is 422 g/mol. The number of anilines is 2. The third-order valence-corrected chi connectivity index (χ3v) is 5.66. The lowest BCUT2D eigenvalue weighted by Crippen LogP contribution is -2.50. The lowest BCUT2D eigenvalue weighted by Gasteiger charge is -2.37. The zero-order chi connectivity index (χ0) is 21.1. The Bertz CT molecular complexity index is 1070. The van der Waals surface area contributed by atoms with Gasteiger partial charge in [-0.25, -0.2) is 9.97 Å². The summed E-state index contributed by atoms with van der Waals surface area (Å²) in [4.78, 5) is 13.3. The molecule has 1 aliphatic heterocycles. The van der Waals surface area contributed by atoms with Gasteiger partial charge in [0.1, 0.15) is 12.1 Å². The molecule has 0 amide bonds. The van der Waals surface area contributed by atoms with E-state index in [-0.39, 0.29) is 0 Å². The molecule has 1 aromatic heterocycles. The number of fused-ring (bicyclic) bond motifs is 1. The number of rotatable bonds is 4. The lowest BCUT2D eigenvalue weighted by atomic mass is 10.2. The highest BCUT2D eigenvalue weighted by Crippen LogP contribution is 2.34. The SMILES string of the molecule is COc1cc2ncnc(N3CCN(C(=S)Nc4cccc(Cl)c4)CC3)c2cc1OC. The Kier molecular flexibility index (Phi) is 6.06. The molecule has 0 saturated carbocycles. The molecule has 2 aromatic carbocycles. The molecule has 1 fully saturated rings. The van der Waals surface area contributed by atoms with Crippen LogP contribution in [0.4, 0.5) is 11.5 Å². The Balaban J connectivity index is 1.48. The molecule has 0 atom stereocenters. The first-order valence-electron chi connectivity index (χ1n) is 9.52. The summed E-state index contributed by atoms with van der Waals surface area (Å²) in [5.41, 5.74) is 1.70. The van der Waals surface area contributed by atoms with Gasteiger partial charge in [0.2, 0.25) is 0 Å². The van der Waals surface area contributed by atoms with Gasteiger partial charge in [-0.05, 0) is 36.5 Å². The van der Waals surface area contributed by atoms with Gasteiger partial charge < -0.3 is 24.6 Å². The standard InChI is InChI=1S/C21H22ClN5O2S/c1-28-18-11-16-17(12-19(18)29-2)23-13-24-20(16)26-6-8-27(9-7-26)21(30)25-15-5-3-4-14(22)10-15/h3-5,10-13H,6-9H2,1-2H3,(H,25,30). The molecule has 1 aliphatic rings. The van der Waals surface area contributed by atoms with Gasteiger partial charge in [-0.2, -0.15) is 0 Å². The van der Waals surface area contributed by atoms with Gasteiger partial charge in [0.15, 0.2) is 16.6 Å². The second-order valence-corrected chi connectivity index (χ2v) is 7.66. The molecule has 1 N–H and O–H groups in total. The summed E-state index contributed by atoms with van der Waals surface area (Å²) < 4.78 is 10.8. The highest BCUT2D eigenvalue weighted by atomic mass is 35.5. The Hall–Kier alpha value is -2.84. The molecule has 30 heavy (non-hydrogen) atoms. The van der Waals surface area contributed by atoms with Crippen molar-refractivity contribution in [1.82, 2.24) is 14.9 Å². The van der Waals surface area contributed by atoms with E-state index in [4.69, 9.17) is 33.3 Å². The van der Waals surface area contributed by atoms with E-state index in [1.165, 1.54) is 0 Å². The molecule has 3 aromatic rings. The molecule has 0 unspecified atom stereocenters. The van der Waals surface area contributed by atoms with E-state index in [2.05, 4.69) is 25.1 Å². The fourth-order valence-electron chi connectivity index (χ4n) is 3.51. The zero-order valence-corrected chi connectivity index (χ0v) is 18.3. The fourth-order valence-corrected chi connectivity index (χ4v) is 4.00. The molecule has 156 valence electrons. The average Bonchev–Trinajstić information content (AvgIpc) is 2.77. The van der Waals surface area contributed by atoms with Gasteiger partial charge in [0, 0.05) is 48.3 Å². The highest BCUT2D eigenvalue weighted by Gasteiger charge is 2.22. The number of hydrogen-bond acceptors (Lipinski definition) is 6. The van der Waals surface area contributed by atoms with Crippen molar-refractivity contribution in [2.24, 2.45) is 0 Å². The fraction of sp³-hybridized carbons (Fsp3) is 0.286. The van der Waals surface area contributed by atoms with Gasteiger partial charge in [0.05, 0.1) is 19.7 Å². The van der Waals surface area contributed by atoms with Crippen molar-refractivity contribution in [2.75, 3.05) is 50.6 Å². The van der Waals surface area contributed by atoms with Gasteiger partial charge >= 0.3 is 0 Å². The van der Waals surface area contributed by atoms with Crippen molar-refractivity contribution in [1.29, 1.82) is 0 Å². The predicted molar refractivity (Wildman–Crippen MR) is 124 cm³/mol. The summed E-state index contributed by atoms with van der Waals surface area (Å²) in [6, 6.07) is 11.3. The number of ether oxygens (including phenoxy) is 2. The van der Waals surface area contributed by atoms with E-state index in [0.29, 0.717) is 21.6 Å². The largest absolute Gasteiger partial charge is 0.493 e. The number of halogens is 1. The molecule has 0 radical (unpaired) electrons. The van der Waals surface area contributed by atoms with E-state index in [0.717, 1.165) is 48.6 Å². The van der Waals surface area contributed by atoms with Gasteiger partial charge in [-0.15, -0.1) is 0 Å². The maximum absolute atomic E-state index is 6.06. The number of aromatic nitrogens is 2. The summed E-state index contributed by atoms with van der Waals surface area (Å²) in [6.45, 7) is 3.14. The summed E-state index contributed by atoms with van der Waals surface area (Å²) in [5, 5.41) is 5.56. The molecule has 0 bridgehead atoms. The van der Waals surface area contributed by atoms with E-state index in [1.807, 2.05) is 36.4 Å². The van der Waals surface area contributed by atoms with Crippen molar-refractivity contribution in [3.8, 4) is 11.5 Å². The van der Waals surface area contributed by atoms with Crippen LogP contribution in [0.3, 0.4) is 0 Å². The first-order chi connectivity index (χ1) is 14.6. The quantitative estimate of drug-likeness (QED) is 0.610. The minimum Gasteiger partial charge on any atom is -0.493 e. The van der Waals surface area contributed by atoms with Crippen molar-refractivity contribution in [2.45, 2.75) is 0 Å². The predicted octanol–water partition coefficient (Wildman–Crippen LogP) is 3.82. The summed E-state index contributed by atoms with van der Waals surface area (Å²) in [7, 11) is 3.24. The number of thiocarbonyl (C=S) groups is 1. The third-order valence-electron chi connectivity index (χ3n) is 5.06. The number of methoxy groups -OCH3 is 2. The second-order valence-electron chi connectivity index (χ2n) is 6.84. The third kappa shape index (κ3) is 4.20. The number of hydrogen-bond donors (Lipinski definition) is 1. The molecular formula is C21H22ClN5O2S. The minimum atomic E-state index is 0.650. The van der Waals surface area contributed by atoms with Crippen LogP contribution in [0, 0.1) is 0 Å². The van der Waals surface area contributed by atoms with Gasteiger partial charge in [0.25, 0.3) is 0 Å². The van der Waals surface area contributed by atoms with Crippen molar-refractivity contribution >= 4 is 51.3 Å². The molecule has 0 spiro atoms. The summed E-state index contributed by atoms with van der Waals surface area (Å²) in [6.07, 6.45) is 1.58. The van der Waals surface area contributed by atoms with Crippen molar-refractivity contribution in [3.63, 3.8) is 0 Å². The smallest absolute Gasteiger partial charge is 0.173 e. The minimum absolute atomic E-state index is 0.650. The topological polar surface area (TPSA) is 62.8 Å². The zero-order valence-electron chi connectivity index (χ0n) is 16.8. The van der Waals surface area contributed by atoms with Crippen LogP contribution >= 0.6 is 23.8 Å². The number of benzene rings is 2. The first kappa shape index (κ1) is 20.4. The second kappa shape index (κ2) is 8.89. The number of nitrogens with zero attached hydrogens (tertiary/aromatic N) is 4. The highest BCUT2D eigenvalue weighted by molar-refractivity contribution is 7.80. The van der Waals surface area contributed by atoms with Gasteiger partial charge in [-0.1, -0.05) is 17.7 Å². The van der Waals surface area contributed by atoms with Crippen LogP contribution in [0.15, 0.2) is 42.7 Å². The van der Waals surface area contributed by atoms with Crippen LogP contribution in [0.5, 0.6) is 11.5 Å². The maximum atomic E-state index is 6.06. The number of nitrogens with one attached hydrogen (secondary N) is 1. The van der Waals surface area contributed by atoms with E-state index >= 15 is 0 Å². The van der Waals surface area contributed by atoms with Crippen molar-refractivity contribution < 1.29 is 9.47 Å². The van der Waals surface area contributed by atoms with Crippen LogP contribution in [-0.2, 0) is 0 Å². The van der Waals surface area contributed by atoms with Crippen LogP contribution in [-0.4, -0.2) is 60.4 Å². The Morgan fingerprint density at radius 1 is 1.03 bits per heavy atom. The molecule has 2 heterocycles. The van der Waals surface area contributed by atoms with Gasteiger partial charge in [-0.3, -0.25) is 0 Å². The molecule has 7 nitrogen and oxygen atoms in total. The normalized spacial score (nSPS) is 14.0. The Labute approximate surface area is 185 Å². The summed E-state index contributed by atoms with van der Waals surface area (Å²) >= 11 is 11.6. The van der Waals surface area contributed by atoms with E-state index < -0.39 is 0 Å². The van der Waals surface area contributed by atoms with Crippen LogP contribution < -0.4 is 19.7 Å². The molecule has 4 rings (SSSR count). The molecule has 0 aliphatic carbocycles. The maximum Gasteiger partial charge on any atom is 0.173 e. The lowest BCUT2D eigenvalue weighted by molar-refractivity contribution is 0.355. The molecule has 1 saturated heterocycles. The Morgan fingerprint density at radius 2 is 1.77 bits per heavy atom. The van der Waals surface area contributed by atoms with E-state index in [9.17, 15) is 0 Å². The first-order valence-corrected chi connectivity index (χ1v) is 10.3. The van der Waals surface area contributed by atoms with Crippen molar-refractivity contribution in [3.05, 3.63) is 47.7 Å². The monoisotopic (exact) mass is 443 g/mol. The Morgan fingerprint density at radius 3 is 2.47 bits per heavy atom. The van der Waals surface area contributed by atoms with E-state index in [1.54, 1.807) is 20.5 Å². The summed E-state index contributed by atoms with van der Waals surface area (Å²) in [5.74, 6) is 2.19. The molecule has 9 heteroatoms. The van der Waals surface area contributed by atoms with Crippen LogP contribution in [0.25, 0.3) is 10.9 Å². The average molecular weight is 444 g/mol.